The number of thioether (sulfide) groups is 1. The zero-order valence-corrected chi connectivity index (χ0v) is 14.8. The zero-order valence-electron chi connectivity index (χ0n) is 13.9. The molecule has 1 aliphatic heterocycles. The Balaban J connectivity index is 1.81. The maximum Gasteiger partial charge on any atom is 0.264 e. The van der Waals surface area contributed by atoms with Gasteiger partial charge in [0, 0.05) is 0 Å². The summed E-state index contributed by atoms with van der Waals surface area (Å²) in [6, 6.07) is 12.7. The molecule has 0 atom stereocenters. The van der Waals surface area contributed by atoms with Crippen LogP contribution in [0.15, 0.2) is 52.4 Å². The highest BCUT2D eigenvalue weighted by atomic mass is 32.2. The molecule has 2 N–H and O–H groups in total. The Labute approximate surface area is 150 Å². The van der Waals surface area contributed by atoms with Crippen molar-refractivity contribution >= 4 is 34.6 Å². The minimum atomic E-state index is -0.203. The number of hydrogen-bond donors (Lipinski definition) is 2. The number of aryl methyl sites for hydroxylation is 1. The van der Waals surface area contributed by atoms with Gasteiger partial charge >= 0.3 is 0 Å². The van der Waals surface area contributed by atoms with Crippen molar-refractivity contribution < 1.29 is 14.6 Å². The third kappa shape index (κ3) is 4.03. The van der Waals surface area contributed by atoms with Gasteiger partial charge in [-0.15, -0.1) is 0 Å². The van der Waals surface area contributed by atoms with E-state index in [2.05, 4.69) is 10.3 Å². The molecule has 1 fully saturated rings. The number of aromatic hydroxyl groups is 1. The molecule has 0 aliphatic carbocycles. The number of carbonyl (C=O) groups excluding carboxylic acids is 1. The number of phenolic OH excluding ortho intramolecular Hbond substituents is 1. The second-order valence-electron chi connectivity index (χ2n) is 5.43. The molecular formula is C19H18N2O3S. The van der Waals surface area contributed by atoms with Gasteiger partial charge in [-0.3, -0.25) is 4.79 Å². The van der Waals surface area contributed by atoms with Gasteiger partial charge in [0.1, 0.15) is 17.2 Å². The molecule has 0 bridgehead atoms. The van der Waals surface area contributed by atoms with E-state index >= 15 is 0 Å². The molecular weight excluding hydrogens is 336 g/mol. The summed E-state index contributed by atoms with van der Waals surface area (Å²) in [7, 11) is 0. The summed E-state index contributed by atoms with van der Waals surface area (Å²) in [4.78, 5) is 17.1. The molecule has 1 amide bonds. The third-order valence-electron chi connectivity index (χ3n) is 3.57. The standard InChI is InChI=1S/C19H18N2O3S/c1-3-24-14-9-7-13(8-10-14)11-16-18(23)21-19(25-16)20-17-12(2)5-4-6-15(17)22/h4-11,22H,3H2,1-2H3,(H,20,21,23)/b16-11-. The summed E-state index contributed by atoms with van der Waals surface area (Å²) in [6.07, 6.45) is 1.80. The number of amidine groups is 1. The highest BCUT2D eigenvalue weighted by Crippen LogP contribution is 2.33. The van der Waals surface area contributed by atoms with Gasteiger partial charge in [-0.1, -0.05) is 24.3 Å². The fourth-order valence-electron chi connectivity index (χ4n) is 2.35. The fourth-order valence-corrected chi connectivity index (χ4v) is 3.18. The minimum absolute atomic E-state index is 0.0892. The Bertz CT molecular complexity index is 837. The maximum atomic E-state index is 12.2. The first-order valence-electron chi connectivity index (χ1n) is 7.88. The van der Waals surface area contributed by atoms with E-state index in [0.29, 0.717) is 22.4 Å². The number of carbonyl (C=O) groups is 1. The van der Waals surface area contributed by atoms with Gasteiger partial charge < -0.3 is 15.2 Å². The highest BCUT2D eigenvalue weighted by molar-refractivity contribution is 8.18. The number of nitrogens with one attached hydrogen (secondary N) is 1. The van der Waals surface area contributed by atoms with Crippen molar-refractivity contribution in [2.75, 3.05) is 6.61 Å². The Kier molecular flexibility index (Phi) is 5.09. The molecule has 1 saturated heterocycles. The van der Waals surface area contributed by atoms with Crippen LogP contribution in [0, 0.1) is 6.92 Å². The molecule has 0 radical (unpaired) electrons. The molecule has 0 aromatic heterocycles. The number of para-hydroxylation sites is 1. The van der Waals surface area contributed by atoms with Gasteiger partial charge in [0.15, 0.2) is 5.17 Å². The van der Waals surface area contributed by atoms with E-state index in [1.165, 1.54) is 11.8 Å². The molecule has 0 saturated carbocycles. The van der Waals surface area contributed by atoms with E-state index in [0.717, 1.165) is 16.9 Å². The van der Waals surface area contributed by atoms with Crippen molar-refractivity contribution in [3.63, 3.8) is 0 Å². The average Bonchev–Trinajstić information content (AvgIpc) is 2.93. The lowest BCUT2D eigenvalue weighted by Crippen LogP contribution is -2.19. The van der Waals surface area contributed by atoms with Gasteiger partial charge in [0.25, 0.3) is 5.91 Å². The number of hydrogen-bond acceptors (Lipinski definition) is 5. The maximum absolute atomic E-state index is 12.2. The largest absolute Gasteiger partial charge is 0.506 e. The van der Waals surface area contributed by atoms with Crippen molar-refractivity contribution in [2.45, 2.75) is 13.8 Å². The Morgan fingerprint density at radius 1 is 1.24 bits per heavy atom. The number of rotatable bonds is 4. The monoisotopic (exact) mass is 354 g/mol. The van der Waals surface area contributed by atoms with Crippen molar-refractivity contribution in [2.24, 2.45) is 4.99 Å². The van der Waals surface area contributed by atoms with Crippen LogP contribution in [0.2, 0.25) is 0 Å². The first kappa shape index (κ1) is 17.1. The van der Waals surface area contributed by atoms with Crippen LogP contribution in [0.1, 0.15) is 18.1 Å². The number of aliphatic imine (C=N–C) groups is 1. The normalized spacial score (nSPS) is 17.1. The summed E-state index contributed by atoms with van der Waals surface area (Å²) >= 11 is 1.25. The van der Waals surface area contributed by atoms with E-state index < -0.39 is 0 Å². The highest BCUT2D eigenvalue weighted by Gasteiger charge is 2.24. The number of nitrogens with zero attached hydrogens (tertiary/aromatic N) is 1. The lowest BCUT2D eigenvalue weighted by atomic mass is 10.2. The molecule has 0 unspecified atom stereocenters. The number of amides is 1. The van der Waals surface area contributed by atoms with E-state index in [1.54, 1.807) is 18.2 Å². The number of benzene rings is 2. The third-order valence-corrected chi connectivity index (χ3v) is 4.48. The average molecular weight is 354 g/mol. The van der Waals surface area contributed by atoms with E-state index in [4.69, 9.17) is 4.74 Å². The topological polar surface area (TPSA) is 70.9 Å². The molecule has 6 heteroatoms. The van der Waals surface area contributed by atoms with Crippen LogP contribution in [-0.2, 0) is 4.79 Å². The summed E-state index contributed by atoms with van der Waals surface area (Å²) in [5.41, 5.74) is 2.21. The van der Waals surface area contributed by atoms with Crippen molar-refractivity contribution in [3.05, 3.63) is 58.5 Å². The van der Waals surface area contributed by atoms with Crippen molar-refractivity contribution in [1.29, 1.82) is 0 Å². The van der Waals surface area contributed by atoms with Crippen LogP contribution in [0.25, 0.3) is 6.08 Å². The molecule has 1 heterocycles. The Morgan fingerprint density at radius 2 is 2.00 bits per heavy atom. The van der Waals surface area contributed by atoms with Gasteiger partial charge in [-0.05, 0) is 61.0 Å². The summed E-state index contributed by atoms with van der Waals surface area (Å²) < 4.78 is 5.41. The molecule has 3 rings (SSSR count). The minimum Gasteiger partial charge on any atom is -0.506 e. The lowest BCUT2D eigenvalue weighted by Gasteiger charge is -2.03. The second kappa shape index (κ2) is 7.44. The number of phenols is 1. The van der Waals surface area contributed by atoms with Crippen LogP contribution >= 0.6 is 11.8 Å². The van der Waals surface area contributed by atoms with Gasteiger partial charge in [0.2, 0.25) is 0 Å². The van der Waals surface area contributed by atoms with E-state index in [-0.39, 0.29) is 11.7 Å². The fraction of sp³-hybridized carbons (Fsp3) is 0.158. The zero-order chi connectivity index (χ0) is 17.8. The SMILES string of the molecule is CCOc1ccc(/C=C2\SC(=Nc3c(C)cccc3O)NC2=O)cc1. The van der Waals surface area contributed by atoms with E-state index in [9.17, 15) is 9.90 Å². The molecule has 25 heavy (non-hydrogen) atoms. The molecule has 128 valence electrons. The quantitative estimate of drug-likeness (QED) is 0.815. The van der Waals surface area contributed by atoms with Gasteiger partial charge in [-0.2, -0.15) is 0 Å². The first-order chi connectivity index (χ1) is 12.1. The molecule has 5 nitrogen and oxygen atoms in total. The van der Waals surface area contributed by atoms with Crippen LogP contribution < -0.4 is 10.1 Å². The van der Waals surface area contributed by atoms with Gasteiger partial charge in [-0.25, -0.2) is 4.99 Å². The summed E-state index contributed by atoms with van der Waals surface area (Å²) in [5.74, 6) is 0.683. The molecule has 1 aliphatic rings. The van der Waals surface area contributed by atoms with Gasteiger partial charge in [0.05, 0.1) is 11.5 Å². The smallest absolute Gasteiger partial charge is 0.264 e. The van der Waals surface area contributed by atoms with Crippen LogP contribution in [-0.4, -0.2) is 22.8 Å². The molecule has 2 aromatic rings. The summed E-state index contributed by atoms with van der Waals surface area (Å²) in [5, 5.41) is 13.1. The molecule has 0 spiro atoms. The predicted octanol–water partition coefficient (Wildman–Crippen LogP) is 3.99. The van der Waals surface area contributed by atoms with E-state index in [1.807, 2.05) is 44.2 Å². The van der Waals surface area contributed by atoms with Crippen LogP contribution in [0.5, 0.6) is 11.5 Å². The first-order valence-corrected chi connectivity index (χ1v) is 8.69. The van der Waals surface area contributed by atoms with Crippen molar-refractivity contribution in [3.8, 4) is 11.5 Å². The Morgan fingerprint density at radius 3 is 2.68 bits per heavy atom. The number of ether oxygens (including phenoxy) is 1. The second-order valence-corrected chi connectivity index (χ2v) is 6.46. The van der Waals surface area contributed by atoms with Crippen LogP contribution in [0.3, 0.4) is 0 Å². The summed E-state index contributed by atoms with van der Waals surface area (Å²) in [6.45, 7) is 4.41. The lowest BCUT2D eigenvalue weighted by molar-refractivity contribution is -0.115. The predicted molar refractivity (Wildman–Crippen MR) is 101 cm³/mol. The molecule has 2 aromatic carbocycles. The van der Waals surface area contributed by atoms with Crippen molar-refractivity contribution in [1.82, 2.24) is 5.32 Å². The Hall–Kier alpha value is -2.73. The van der Waals surface area contributed by atoms with Crippen LogP contribution in [0.4, 0.5) is 5.69 Å².